The Bertz CT molecular complexity index is 826. The van der Waals surface area contributed by atoms with Crippen molar-refractivity contribution in [1.29, 1.82) is 0 Å². The Kier molecular flexibility index (Phi) is 6.72. The van der Waals surface area contributed by atoms with Crippen LogP contribution in [0.5, 0.6) is 11.5 Å². The number of likely N-dealkylation sites (N-methyl/N-ethyl adjacent to an activating group) is 1. The highest BCUT2D eigenvalue weighted by Crippen LogP contribution is 2.24. The SMILES string of the molecule is COc1cc(OC)cc(C(=O)N[C@H](C(=O)N2CCN(C)CC2)c2ccccc2)c1. The maximum absolute atomic E-state index is 13.3. The minimum Gasteiger partial charge on any atom is -0.497 e. The average Bonchev–Trinajstić information content (AvgIpc) is 2.77. The quantitative estimate of drug-likeness (QED) is 0.807. The lowest BCUT2D eigenvalue weighted by Crippen LogP contribution is -2.51. The Hall–Kier alpha value is -3.06. The molecule has 7 nitrogen and oxygen atoms in total. The van der Waals surface area contributed by atoms with Crippen molar-refractivity contribution in [2.45, 2.75) is 6.04 Å². The van der Waals surface area contributed by atoms with E-state index in [9.17, 15) is 9.59 Å². The molecule has 29 heavy (non-hydrogen) atoms. The molecule has 1 atom stereocenters. The van der Waals surface area contributed by atoms with Gasteiger partial charge in [0, 0.05) is 37.8 Å². The molecule has 2 amide bonds. The molecule has 1 aliphatic heterocycles. The highest BCUT2D eigenvalue weighted by atomic mass is 16.5. The van der Waals surface area contributed by atoms with Crippen LogP contribution >= 0.6 is 0 Å². The second kappa shape index (κ2) is 9.43. The summed E-state index contributed by atoms with van der Waals surface area (Å²) in [6, 6.07) is 13.5. The largest absolute Gasteiger partial charge is 0.497 e. The lowest BCUT2D eigenvalue weighted by atomic mass is 10.0. The van der Waals surface area contributed by atoms with Crippen molar-refractivity contribution in [3.05, 3.63) is 59.7 Å². The molecule has 0 spiro atoms. The zero-order chi connectivity index (χ0) is 20.8. The van der Waals surface area contributed by atoms with Crippen LogP contribution in [-0.4, -0.2) is 69.1 Å². The number of ether oxygens (including phenoxy) is 2. The normalized spacial score (nSPS) is 15.5. The number of methoxy groups -OCH3 is 2. The maximum Gasteiger partial charge on any atom is 0.252 e. The Morgan fingerprint density at radius 2 is 1.52 bits per heavy atom. The summed E-state index contributed by atoms with van der Waals surface area (Å²) in [5.74, 6) is 0.554. The van der Waals surface area contributed by atoms with Crippen molar-refractivity contribution in [3.63, 3.8) is 0 Å². The Morgan fingerprint density at radius 3 is 2.07 bits per heavy atom. The molecule has 2 aromatic carbocycles. The number of carbonyl (C=O) groups is 2. The molecule has 0 saturated carbocycles. The summed E-state index contributed by atoms with van der Waals surface area (Å²) in [6.45, 7) is 2.91. The van der Waals surface area contributed by atoms with Gasteiger partial charge in [-0.15, -0.1) is 0 Å². The molecule has 0 aliphatic carbocycles. The molecule has 154 valence electrons. The third-order valence-corrected chi connectivity index (χ3v) is 5.08. The smallest absolute Gasteiger partial charge is 0.252 e. The van der Waals surface area contributed by atoms with E-state index in [1.807, 2.05) is 42.3 Å². The van der Waals surface area contributed by atoms with Crippen LogP contribution in [0.25, 0.3) is 0 Å². The van der Waals surface area contributed by atoms with Crippen LogP contribution < -0.4 is 14.8 Å². The van der Waals surface area contributed by atoms with Gasteiger partial charge in [0.1, 0.15) is 17.5 Å². The van der Waals surface area contributed by atoms with E-state index in [1.165, 1.54) is 14.2 Å². The lowest BCUT2D eigenvalue weighted by Gasteiger charge is -2.35. The monoisotopic (exact) mass is 397 g/mol. The van der Waals surface area contributed by atoms with Gasteiger partial charge in [0.25, 0.3) is 5.91 Å². The Labute approximate surface area is 171 Å². The van der Waals surface area contributed by atoms with Gasteiger partial charge in [0.15, 0.2) is 0 Å². The first-order chi connectivity index (χ1) is 14.0. The van der Waals surface area contributed by atoms with Crippen molar-refractivity contribution in [1.82, 2.24) is 15.1 Å². The predicted octanol–water partition coefficient (Wildman–Crippen LogP) is 1.95. The van der Waals surface area contributed by atoms with Gasteiger partial charge < -0.3 is 24.6 Å². The minimum atomic E-state index is -0.760. The van der Waals surface area contributed by atoms with Crippen LogP contribution in [0.1, 0.15) is 22.0 Å². The summed E-state index contributed by atoms with van der Waals surface area (Å²) in [6.07, 6.45) is 0. The molecule has 1 heterocycles. The molecule has 1 aliphatic rings. The molecule has 2 aromatic rings. The van der Waals surface area contributed by atoms with Crippen LogP contribution in [0.15, 0.2) is 48.5 Å². The molecule has 1 saturated heterocycles. The summed E-state index contributed by atoms with van der Waals surface area (Å²) in [7, 11) is 5.09. The third kappa shape index (κ3) is 5.06. The van der Waals surface area contributed by atoms with Crippen molar-refractivity contribution >= 4 is 11.8 Å². The van der Waals surface area contributed by atoms with E-state index in [-0.39, 0.29) is 11.8 Å². The fourth-order valence-electron chi connectivity index (χ4n) is 3.30. The van der Waals surface area contributed by atoms with Gasteiger partial charge in [-0.05, 0) is 24.7 Å². The maximum atomic E-state index is 13.3. The van der Waals surface area contributed by atoms with Crippen molar-refractivity contribution in [2.24, 2.45) is 0 Å². The van der Waals surface area contributed by atoms with Crippen LogP contribution in [0.4, 0.5) is 0 Å². The first-order valence-corrected chi connectivity index (χ1v) is 9.58. The summed E-state index contributed by atoms with van der Waals surface area (Å²) in [5.41, 5.74) is 1.12. The van der Waals surface area contributed by atoms with E-state index >= 15 is 0 Å². The molecule has 7 heteroatoms. The second-order valence-electron chi connectivity index (χ2n) is 7.05. The van der Waals surface area contributed by atoms with E-state index in [0.717, 1.165) is 18.7 Å². The number of nitrogens with one attached hydrogen (secondary N) is 1. The van der Waals surface area contributed by atoms with Gasteiger partial charge >= 0.3 is 0 Å². The standard InChI is InChI=1S/C22H27N3O4/c1-24-9-11-25(12-10-24)22(27)20(16-7-5-4-6-8-16)23-21(26)17-13-18(28-2)15-19(14-17)29-3/h4-8,13-15,20H,9-12H2,1-3H3,(H,23,26)/t20-/m0/s1. The third-order valence-electron chi connectivity index (χ3n) is 5.08. The van der Waals surface area contributed by atoms with Gasteiger partial charge in [-0.2, -0.15) is 0 Å². The van der Waals surface area contributed by atoms with E-state index in [2.05, 4.69) is 10.2 Å². The highest BCUT2D eigenvalue weighted by molar-refractivity contribution is 5.98. The second-order valence-corrected chi connectivity index (χ2v) is 7.05. The lowest BCUT2D eigenvalue weighted by molar-refractivity contribution is -0.135. The first kappa shape index (κ1) is 20.7. The molecule has 3 rings (SSSR count). The van der Waals surface area contributed by atoms with Crippen LogP contribution in [0.3, 0.4) is 0 Å². The number of nitrogens with zero attached hydrogens (tertiary/aromatic N) is 2. The molecule has 0 unspecified atom stereocenters. The van der Waals surface area contributed by atoms with Gasteiger partial charge in [-0.25, -0.2) is 0 Å². The van der Waals surface area contributed by atoms with Crippen molar-refractivity contribution < 1.29 is 19.1 Å². The Balaban J connectivity index is 1.85. The molecule has 0 radical (unpaired) electrons. The van der Waals surface area contributed by atoms with E-state index in [0.29, 0.717) is 30.2 Å². The number of benzene rings is 2. The van der Waals surface area contributed by atoms with Gasteiger partial charge in [0.2, 0.25) is 5.91 Å². The fourth-order valence-corrected chi connectivity index (χ4v) is 3.30. The van der Waals surface area contributed by atoms with E-state index in [1.54, 1.807) is 18.2 Å². The van der Waals surface area contributed by atoms with Crippen LogP contribution in [0.2, 0.25) is 0 Å². The molecular formula is C22H27N3O4. The molecule has 1 N–H and O–H groups in total. The molecule has 1 fully saturated rings. The zero-order valence-corrected chi connectivity index (χ0v) is 17.1. The number of hydrogen-bond donors (Lipinski definition) is 1. The summed E-state index contributed by atoms with van der Waals surface area (Å²) >= 11 is 0. The molecule has 0 bridgehead atoms. The highest BCUT2D eigenvalue weighted by Gasteiger charge is 2.29. The number of piperazine rings is 1. The Morgan fingerprint density at radius 1 is 0.931 bits per heavy atom. The first-order valence-electron chi connectivity index (χ1n) is 9.58. The van der Waals surface area contributed by atoms with Crippen LogP contribution in [0, 0.1) is 0 Å². The van der Waals surface area contributed by atoms with Gasteiger partial charge in [-0.1, -0.05) is 30.3 Å². The topological polar surface area (TPSA) is 71.1 Å². The summed E-state index contributed by atoms with van der Waals surface area (Å²) in [4.78, 5) is 30.3. The van der Waals surface area contributed by atoms with Crippen LogP contribution in [-0.2, 0) is 4.79 Å². The van der Waals surface area contributed by atoms with Gasteiger partial charge in [0.05, 0.1) is 14.2 Å². The predicted molar refractivity (Wildman–Crippen MR) is 110 cm³/mol. The fraction of sp³-hybridized carbons (Fsp3) is 0.364. The zero-order valence-electron chi connectivity index (χ0n) is 17.1. The number of rotatable bonds is 6. The number of hydrogen-bond acceptors (Lipinski definition) is 5. The van der Waals surface area contributed by atoms with Gasteiger partial charge in [-0.3, -0.25) is 9.59 Å². The summed E-state index contributed by atoms with van der Waals surface area (Å²) < 4.78 is 10.5. The van der Waals surface area contributed by atoms with E-state index in [4.69, 9.17) is 9.47 Å². The van der Waals surface area contributed by atoms with Crippen molar-refractivity contribution in [2.75, 3.05) is 47.4 Å². The van der Waals surface area contributed by atoms with Crippen molar-refractivity contribution in [3.8, 4) is 11.5 Å². The minimum absolute atomic E-state index is 0.104. The average molecular weight is 397 g/mol. The number of amides is 2. The number of carbonyl (C=O) groups excluding carboxylic acids is 2. The van der Waals surface area contributed by atoms with E-state index < -0.39 is 6.04 Å². The molecular weight excluding hydrogens is 370 g/mol. The molecule has 0 aromatic heterocycles. The summed E-state index contributed by atoms with van der Waals surface area (Å²) in [5, 5.41) is 2.91.